The molecule has 2 aromatic carbocycles. The molecular weight excluding hydrogens is 484 g/mol. The van der Waals surface area contributed by atoms with E-state index in [1.165, 1.54) is 28.4 Å². The van der Waals surface area contributed by atoms with Gasteiger partial charge in [0, 0.05) is 53.8 Å². The van der Waals surface area contributed by atoms with E-state index in [1.807, 2.05) is 0 Å². The van der Waals surface area contributed by atoms with Crippen LogP contribution in [0.3, 0.4) is 0 Å². The van der Waals surface area contributed by atoms with Gasteiger partial charge < -0.3 is 19.4 Å². The van der Waals surface area contributed by atoms with Gasteiger partial charge >= 0.3 is 6.01 Å². The van der Waals surface area contributed by atoms with Gasteiger partial charge in [-0.1, -0.05) is 36.4 Å². The molecule has 2 atom stereocenters. The molecule has 3 aliphatic rings. The van der Waals surface area contributed by atoms with Gasteiger partial charge in [0.2, 0.25) is 6.54 Å². The zero-order chi connectivity index (χ0) is 27.0. The Morgan fingerprint density at radius 1 is 1.05 bits per heavy atom. The van der Waals surface area contributed by atoms with Crippen LogP contribution in [0.4, 0.5) is 11.5 Å². The topological polar surface area (TPSA) is 49.1 Å². The first-order valence-electron chi connectivity index (χ1n) is 14.5. The Balaban J connectivity index is 1.31. The second-order valence-corrected chi connectivity index (χ2v) is 12.1. The molecule has 0 spiro atoms. The molecule has 7 heteroatoms. The number of piperidine rings is 1. The average Bonchev–Trinajstić information content (AvgIpc) is 3.22. The van der Waals surface area contributed by atoms with Crippen LogP contribution in [0.1, 0.15) is 50.8 Å². The predicted molar refractivity (Wildman–Crippen MR) is 157 cm³/mol. The van der Waals surface area contributed by atoms with Crippen LogP contribution < -0.4 is 14.5 Å². The van der Waals surface area contributed by atoms with E-state index >= 15 is 0 Å². The molecule has 39 heavy (non-hydrogen) atoms. The SMILES string of the molecule is [C-]#[N+]CC1CCCN(c2nc(OC[C@@H]3CCC(C)(C)N3C)nc3c2CCN(c2cccc4ccccc24)C3)C1. The van der Waals surface area contributed by atoms with E-state index in [4.69, 9.17) is 21.3 Å². The van der Waals surface area contributed by atoms with Crippen LogP contribution in [0.2, 0.25) is 0 Å². The molecule has 0 N–H and O–H groups in total. The number of aromatic nitrogens is 2. The predicted octanol–water partition coefficient (Wildman–Crippen LogP) is 5.58. The molecule has 0 bridgehead atoms. The standard InChI is InChI=1S/C32H40N6O/c1-32(2)16-14-25(36(32)4)22-39-31-34-28-21-37(29-13-7-11-24-10-5-6-12-26(24)29)18-15-27(28)30(35-31)38-17-8-9-23(20-38)19-33-3/h5-7,10-13,23,25H,8-9,14-22H2,1-2,4H3/t23?,25-/m0/s1. The van der Waals surface area contributed by atoms with Crippen LogP contribution in [0.5, 0.6) is 6.01 Å². The number of ether oxygens (including phenoxy) is 1. The normalized spacial score (nSPS) is 23.0. The van der Waals surface area contributed by atoms with Crippen molar-refractivity contribution in [2.75, 3.05) is 49.6 Å². The minimum absolute atomic E-state index is 0.195. The molecule has 204 valence electrons. The van der Waals surface area contributed by atoms with E-state index in [2.05, 4.69) is 82.9 Å². The van der Waals surface area contributed by atoms with E-state index in [1.54, 1.807) is 0 Å². The summed E-state index contributed by atoms with van der Waals surface area (Å²) in [7, 11) is 2.20. The lowest BCUT2D eigenvalue weighted by molar-refractivity contribution is 0.123. The Labute approximate surface area is 232 Å². The summed E-state index contributed by atoms with van der Waals surface area (Å²) < 4.78 is 6.38. The number of benzene rings is 2. The van der Waals surface area contributed by atoms with Crippen LogP contribution in [0.25, 0.3) is 15.6 Å². The second kappa shape index (κ2) is 10.7. The number of anilines is 2. The number of nitrogens with zero attached hydrogens (tertiary/aromatic N) is 6. The third kappa shape index (κ3) is 5.15. The second-order valence-electron chi connectivity index (χ2n) is 12.1. The first-order valence-corrected chi connectivity index (χ1v) is 14.5. The smallest absolute Gasteiger partial charge is 0.318 e. The van der Waals surface area contributed by atoms with Crippen molar-refractivity contribution < 1.29 is 4.74 Å². The van der Waals surface area contributed by atoms with Gasteiger partial charge in [0.1, 0.15) is 12.4 Å². The van der Waals surface area contributed by atoms with Gasteiger partial charge in [0.25, 0.3) is 0 Å². The maximum Gasteiger partial charge on any atom is 0.318 e. The molecule has 6 rings (SSSR count). The first-order chi connectivity index (χ1) is 18.9. The summed E-state index contributed by atoms with van der Waals surface area (Å²) in [6.45, 7) is 16.7. The Hall–Kier alpha value is -3.37. The van der Waals surface area contributed by atoms with Crippen molar-refractivity contribution in [3.8, 4) is 6.01 Å². The first kappa shape index (κ1) is 25.9. The summed E-state index contributed by atoms with van der Waals surface area (Å²) in [5.41, 5.74) is 3.77. The molecule has 3 aromatic rings. The largest absolute Gasteiger partial charge is 0.462 e. The number of hydrogen-bond donors (Lipinski definition) is 0. The van der Waals surface area contributed by atoms with Crippen molar-refractivity contribution in [1.29, 1.82) is 0 Å². The van der Waals surface area contributed by atoms with Crippen LogP contribution >= 0.6 is 0 Å². The van der Waals surface area contributed by atoms with Crippen LogP contribution in [0.15, 0.2) is 42.5 Å². The zero-order valence-electron chi connectivity index (χ0n) is 23.6. The van der Waals surface area contributed by atoms with Crippen molar-refractivity contribution in [2.24, 2.45) is 5.92 Å². The summed E-state index contributed by atoms with van der Waals surface area (Å²) in [6, 6.07) is 16.0. The lowest BCUT2D eigenvalue weighted by Crippen LogP contribution is -2.42. The van der Waals surface area contributed by atoms with E-state index < -0.39 is 0 Å². The Bertz CT molecular complexity index is 1380. The molecular formula is C32H40N6O. The van der Waals surface area contributed by atoms with Gasteiger partial charge in [-0.05, 0) is 64.5 Å². The Morgan fingerprint density at radius 2 is 1.90 bits per heavy atom. The summed E-state index contributed by atoms with van der Waals surface area (Å²) in [5, 5.41) is 2.54. The van der Waals surface area contributed by atoms with Gasteiger partial charge in [-0.15, -0.1) is 0 Å². The molecule has 7 nitrogen and oxygen atoms in total. The summed E-state index contributed by atoms with van der Waals surface area (Å²) in [6.07, 6.45) is 5.41. The highest BCUT2D eigenvalue weighted by molar-refractivity contribution is 5.94. The maximum atomic E-state index is 7.39. The average molecular weight is 525 g/mol. The van der Waals surface area contributed by atoms with Crippen molar-refractivity contribution in [2.45, 2.75) is 64.1 Å². The third-order valence-corrected chi connectivity index (χ3v) is 9.29. The van der Waals surface area contributed by atoms with Gasteiger partial charge in [-0.2, -0.15) is 9.97 Å². The van der Waals surface area contributed by atoms with Crippen LogP contribution in [0, 0.1) is 12.5 Å². The highest BCUT2D eigenvalue weighted by atomic mass is 16.5. The quantitative estimate of drug-likeness (QED) is 0.393. The van der Waals surface area contributed by atoms with Crippen molar-refractivity contribution >= 4 is 22.3 Å². The molecule has 0 amide bonds. The minimum Gasteiger partial charge on any atom is -0.462 e. The lowest BCUT2D eigenvalue weighted by Gasteiger charge is -2.36. The molecule has 0 aliphatic carbocycles. The van der Waals surface area contributed by atoms with Gasteiger partial charge in [-0.25, -0.2) is 6.57 Å². The molecule has 0 saturated carbocycles. The molecule has 2 saturated heterocycles. The lowest BCUT2D eigenvalue weighted by atomic mass is 9.96. The van der Waals surface area contributed by atoms with E-state index in [0.717, 1.165) is 63.4 Å². The van der Waals surface area contributed by atoms with Crippen molar-refractivity contribution in [3.05, 3.63) is 65.1 Å². The molecule has 1 unspecified atom stereocenters. The van der Waals surface area contributed by atoms with Crippen molar-refractivity contribution in [1.82, 2.24) is 14.9 Å². The van der Waals surface area contributed by atoms with Crippen molar-refractivity contribution in [3.63, 3.8) is 0 Å². The maximum absolute atomic E-state index is 7.39. The van der Waals surface area contributed by atoms with E-state index in [9.17, 15) is 0 Å². The van der Waals surface area contributed by atoms with Gasteiger partial charge in [0.15, 0.2) is 0 Å². The summed E-state index contributed by atoms with van der Waals surface area (Å²) >= 11 is 0. The number of rotatable bonds is 6. The molecule has 1 aromatic heterocycles. The fourth-order valence-corrected chi connectivity index (χ4v) is 6.69. The number of likely N-dealkylation sites (tertiary alicyclic amines) is 1. The monoisotopic (exact) mass is 524 g/mol. The molecule has 0 radical (unpaired) electrons. The fraction of sp³-hybridized carbons (Fsp3) is 0.531. The van der Waals surface area contributed by atoms with E-state index in [-0.39, 0.29) is 5.54 Å². The molecule has 2 fully saturated rings. The van der Waals surface area contributed by atoms with Gasteiger partial charge in [-0.3, -0.25) is 4.90 Å². The highest BCUT2D eigenvalue weighted by Gasteiger charge is 2.37. The van der Waals surface area contributed by atoms with Crippen LogP contribution in [-0.4, -0.2) is 66.3 Å². The Morgan fingerprint density at radius 3 is 2.72 bits per heavy atom. The number of fused-ring (bicyclic) bond motifs is 2. The molecule has 3 aliphatic heterocycles. The van der Waals surface area contributed by atoms with Crippen LogP contribution in [-0.2, 0) is 13.0 Å². The minimum atomic E-state index is 0.195. The highest BCUT2D eigenvalue weighted by Crippen LogP contribution is 2.36. The molecule has 4 heterocycles. The zero-order valence-corrected chi connectivity index (χ0v) is 23.6. The summed E-state index contributed by atoms with van der Waals surface area (Å²) in [5.74, 6) is 1.43. The number of hydrogen-bond acceptors (Lipinski definition) is 6. The van der Waals surface area contributed by atoms with E-state index in [0.29, 0.717) is 31.1 Å². The third-order valence-electron chi connectivity index (χ3n) is 9.29. The van der Waals surface area contributed by atoms with Gasteiger partial charge in [0.05, 0.1) is 12.2 Å². The summed E-state index contributed by atoms with van der Waals surface area (Å²) in [4.78, 5) is 21.1. The number of likely N-dealkylation sites (N-methyl/N-ethyl adjacent to an activating group) is 1. The fourth-order valence-electron chi connectivity index (χ4n) is 6.69. The Kier molecular flexibility index (Phi) is 7.07.